The van der Waals surface area contributed by atoms with E-state index < -0.39 is 0 Å². The van der Waals surface area contributed by atoms with Gasteiger partial charge in [-0.2, -0.15) is 0 Å². The maximum absolute atomic E-state index is 11.8. The number of benzene rings is 1. The van der Waals surface area contributed by atoms with Gasteiger partial charge in [0.25, 0.3) is 0 Å². The third-order valence-corrected chi connectivity index (χ3v) is 6.54. The molecule has 0 unspecified atom stereocenters. The first-order valence-corrected chi connectivity index (χ1v) is 10.5. The molecule has 0 spiro atoms. The highest BCUT2D eigenvalue weighted by Crippen LogP contribution is 2.30. The molecule has 0 saturated carbocycles. The Morgan fingerprint density at radius 1 is 1.16 bits per heavy atom. The number of nitrogens with one attached hydrogen (secondary N) is 1. The summed E-state index contributed by atoms with van der Waals surface area (Å²) in [4.78, 5) is 11.8. The van der Waals surface area contributed by atoms with Gasteiger partial charge in [0.15, 0.2) is 8.68 Å². The van der Waals surface area contributed by atoms with Gasteiger partial charge in [-0.1, -0.05) is 58.6 Å². The van der Waals surface area contributed by atoms with E-state index in [-0.39, 0.29) is 5.91 Å². The minimum absolute atomic E-state index is 0.0630. The molecule has 2 aromatic heterocycles. The van der Waals surface area contributed by atoms with Crippen molar-refractivity contribution in [3.8, 4) is 0 Å². The lowest BCUT2D eigenvalue weighted by Crippen LogP contribution is -2.24. The number of nitrogens with zero attached hydrogens (tertiary/aromatic N) is 2. The summed E-state index contributed by atoms with van der Waals surface area (Å²) in [6, 6.07) is 11.4. The van der Waals surface area contributed by atoms with Gasteiger partial charge >= 0.3 is 0 Å². The maximum atomic E-state index is 11.8. The molecule has 3 aromatic rings. The molecule has 130 valence electrons. The molecule has 0 atom stereocenters. The second-order valence-electron chi connectivity index (χ2n) is 4.89. The van der Waals surface area contributed by atoms with Crippen molar-refractivity contribution in [3.63, 3.8) is 0 Å². The third kappa shape index (κ3) is 6.07. The second kappa shape index (κ2) is 9.28. The highest BCUT2D eigenvalue weighted by atomic mass is 35.5. The molecule has 25 heavy (non-hydrogen) atoms. The van der Waals surface area contributed by atoms with Crippen LogP contribution in [0, 0.1) is 0 Å². The van der Waals surface area contributed by atoms with Crippen LogP contribution in [0.5, 0.6) is 0 Å². The molecule has 1 aromatic carbocycles. The summed E-state index contributed by atoms with van der Waals surface area (Å²) in [5.74, 6) is 1.78. The molecule has 1 amide bonds. The van der Waals surface area contributed by atoms with Crippen LogP contribution in [0.3, 0.4) is 0 Å². The normalized spacial score (nSPS) is 10.8. The number of carbonyl (C=O) groups excluding carboxylic acids is 1. The number of amides is 1. The molecule has 0 aliphatic heterocycles. The van der Waals surface area contributed by atoms with E-state index in [4.69, 9.17) is 16.0 Å². The van der Waals surface area contributed by atoms with Crippen LogP contribution in [-0.4, -0.2) is 21.9 Å². The Kier molecular flexibility index (Phi) is 6.80. The van der Waals surface area contributed by atoms with Crippen LogP contribution in [0.2, 0.25) is 5.02 Å². The second-order valence-corrected chi connectivity index (χ2v) is 8.75. The summed E-state index contributed by atoms with van der Waals surface area (Å²) in [5, 5.41) is 11.8. The van der Waals surface area contributed by atoms with Crippen molar-refractivity contribution in [2.45, 2.75) is 21.0 Å². The molecular formula is C16H14ClN3O2S3. The van der Waals surface area contributed by atoms with Crippen molar-refractivity contribution in [2.24, 2.45) is 0 Å². The lowest BCUT2D eigenvalue weighted by Gasteiger charge is -2.01. The van der Waals surface area contributed by atoms with Crippen LogP contribution in [0.15, 0.2) is 55.8 Å². The van der Waals surface area contributed by atoms with Crippen molar-refractivity contribution in [1.82, 2.24) is 15.5 Å². The largest absolute Gasteiger partial charge is 0.467 e. The van der Waals surface area contributed by atoms with E-state index in [1.54, 1.807) is 24.1 Å². The first-order chi connectivity index (χ1) is 12.2. The quantitative estimate of drug-likeness (QED) is 0.551. The van der Waals surface area contributed by atoms with Gasteiger partial charge in [0.05, 0.1) is 18.6 Å². The molecule has 0 saturated heterocycles. The molecule has 0 bridgehead atoms. The summed E-state index contributed by atoms with van der Waals surface area (Å²) in [7, 11) is 0. The Morgan fingerprint density at radius 2 is 1.92 bits per heavy atom. The summed E-state index contributed by atoms with van der Waals surface area (Å²) < 4.78 is 6.83. The monoisotopic (exact) mass is 411 g/mol. The van der Waals surface area contributed by atoms with Crippen LogP contribution in [0.1, 0.15) is 11.3 Å². The minimum atomic E-state index is -0.0630. The summed E-state index contributed by atoms with van der Waals surface area (Å²) >= 11 is 10.4. The fraction of sp³-hybridized carbons (Fsp3) is 0.188. The number of carbonyl (C=O) groups is 1. The maximum Gasteiger partial charge on any atom is 0.230 e. The van der Waals surface area contributed by atoms with Crippen molar-refractivity contribution >= 4 is 52.4 Å². The van der Waals surface area contributed by atoms with Crippen LogP contribution in [0.25, 0.3) is 0 Å². The summed E-state index contributed by atoms with van der Waals surface area (Å²) in [6.07, 6.45) is 1.58. The van der Waals surface area contributed by atoms with E-state index >= 15 is 0 Å². The number of furan rings is 1. The Balaban J connectivity index is 1.40. The van der Waals surface area contributed by atoms with Gasteiger partial charge in [-0.15, -0.1) is 10.2 Å². The van der Waals surface area contributed by atoms with Crippen LogP contribution < -0.4 is 5.32 Å². The Bertz CT molecular complexity index is 806. The van der Waals surface area contributed by atoms with Crippen LogP contribution >= 0.6 is 46.5 Å². The molecule has 1 N–H and O–H groups in total. The molecule has 5 nitrogen and oxygen atoms in total. The number of aromatic nitrogens is 2. The number of hydrogen-bond acceptors (Lipinski definition) is 7. The molecule has 3 rings (SSSR count). The smallest absolute Gasteiger partial charge is 0.230 e. The van der Waals surface area contributed by atoms with Gasteiger partial charge in [-0.05, 0) is 29.8 Å². The topological polar surface area (TPSA) is 68.0 Å². The molecule has 0 fully saturated rings. The molecular weight excluding hydrogens is 398 g/mol. The molecule has 0 aliphatic rings. The number of rotatable bonds is 8. The first-order valence-electron chi connectivity index (χ1n) is 7.31. The number of halogens is 1. The fourth-order valence-electron chi connectivity index (χ4n) is 1.82. The Hall–Kier alpha value is -1.48. The zero-order valence-electron chi connectivity index (χ0n) is 13.0. The predicted molar refractivity (Wildman–Crippen MR) is 102 cm³/mol. The average Bonchev–Trinajstić information content (AvgIpc) is 3.29. The molecule has 9 heteroatoms. The van der Waals surface area contributed by atoms with E-state index in [2.05, 4.69) is 15.5 Å². The minimum Gasteiger partial charge on any atom is -0.467 e. The zero-order chi connectivity index (χ0) is 17.5. The van der Waals surface area contributed by atoms with Crippen molar-refractivity contribution in [3.05, 3.63) is 59.0 Å². The van der Waals surface area contributed by atoms with E-state index in [1.807, 2.05) is 30.3 Å². The SMILES string of the molecule is O=C(CSc1nnc(SCc2ccc(Cl)cc2)s1)NCc1ccco1. The van der Waals surface area contributed by atoms with Gasteiger partial charge in [0.1, 0.15) is 5.76 Å². The van der Waals surface area contributed by atoms with E-state index in [9.17, 15) is 4.79 Å². The number of hydrogen-bond donors (Lipinski definition) is 1. The lowest BCUT2D eigenvalue weighted by atomic mass is 10.2. The average molecular weight is 412 g/mol. The summed E-state index contributed by atoms with van der Waals surface area (Å²) in [6.45, 7) is 0.394. The van der Waals surface area contributed by atoms with Gasteiger partial charge in [-0.25, -0.2) is 0 Å². The van der Waals surface area contributed by atoms with Gasteiger partial charge in [0, 0.05) is 10.8 Å². The first kappa shape index (κ1) is 18.3. The molecule has 2 heterocycles. The van der Waals surface area contributed by atoms with Crippen LogP contribution in [0.4, 0.5) is 0 Å². The van der Waals surface area contributed by atoms with Gasteiger partial charge in [-0.3, -0.25) is 4.79 Å². The molecule has 0 aliphatic carbocycles. The standard InChI is InChI=1S/C16H14ClN3O2S3/c17-12-5-3-11(4-6-12)9-23-15-19-20-16(25-15)24-10-14(21)18-8-13-2-1-7-22-13/h1-7H,8-10H2,(H,18,21). The Labute approximate surface area is 162 Å². The molecule has 0 radical (unpaired) electrons. The fourth-order valence-corrected chi connectivity index (χ4v) is 4.75. The third-order valence-electron chi connectivity index (χ3n) is 3.03. The van der Waals surface area contributed by atoms with Gasteiger partial charge < -0.3 is 9.73 Å². The predicted octanol–water partition coefficient (Wildman–Crippen LogP) is 4.49. The van der Waals surface area contributed by atoms with Crippen molar-refractivity contribution in [2.75, 3.05) is 5.75 Å². The van der Waals surface area contributed by atoms with Crippen molar-refractivity contribution < 1.29 is 9.21 Å². The lowest BCUT2D eigenvalue weighted by molar-refractivity contribution is -0.118. The summed E-state index contributed by atoms with van der Waals surface area (Å²) in [5.41, 5.74) is 1.18. The highest BCUT2D eigenvalue weighted by molar-refractivity contribution is 8.03. The Morgan fingerprint density at radius 3 is 2.64 bits per heavy atom. The number of thioether (sulfide) groups is 2. The van der Waals surface area contributed by atoms with E-state index in [0.29, 0.717) is 12.3 Å². The van der Waals surface area contributed by atoms with Crippen molar-refractivity contribution in [1.29, 1.82) is 0 Å². The highest BCUT2D eigenvalue weighted by Gasteiger charge is 2.09. The zero-order valence-corrected chi connectivity index (χ0v) is 16.2. The van der Waals surface area contributed by atoms with E-state index in [0.717, 1.165) is 25.2 Å². The van der Waals surface area contributed by atoms with Crippen LogP contribution in [-0.2, 0) is 17.1 Å². The van der Waals surface area contributed by atoms with Gasteiger partial charge in [0.2, 0.25) is 5.91 Å². The van der Waals surface area contributed by atoms with E-state index in [1.165, 1.54) is 28.7 Å².